The molecule has 2 aliphatic carbocycles. The Bertz CT molecular complexity index is 438. The van der Waals surface area contributed by atoms with Crippen molar-refractivity contribution in [2.24, 2.45) is 5.92 Å². The van der Waals surface area contributed by atoms with Crippen molar-refractivity contribution < 1.29 is 9.18 Å². The molecule has 3 rings (SSSR count). The zero-order chi connectivity index (χ0) is 11.8. The minimum absolute atomic E-state index is 0.225. The van der Waals surface area contributed by atoms with E-state index >= 15 is 0 Å². The average molecular weight is 233 g/mol. The molecule has 0 spiro atoms. The Morgan fingerprint density at radius 3 is 2.65 bits per heavy atom. The number of rotatable bonds is 4. The molecule has 0 unspecified atom stereocenters. The number of amides is 1. The third kappa shape index (κ3) is 2.48. The zero-order valence-electron chi connectivity index (χ0n) is 9.73. The topological polar surface area (TPSA) is 20.3 Å². The largest absolute Gasteiger partial charge is 0.335 e. The Balaban J connectivity index is 1.73. The van der Waals surface area contributed by atoms with Gasteiger partial charge in [0.25, 0.3) is 0 Å². The van der Waals surface area contributed by atoms with Gasteiger partial charge in [0, 0.05) is 18.5 Å². The van der Waals surface area contributed by atoms with Crippen molar-refractivity contribution in [1.82, 2.24) is 4.90 Å². The van der Waals surface area contributed by atoms with Crippen molar-refractivity contribution >= 4 is 5.91 Å². The van der Waals surface area contributed by atoms with Crippen LogP contribution in [0, 0.1) is 11.7 Å². The van der Waals surface area contributed by atoms with E-state index in [1.807, 2.05) is 11.0 Å². The molecule has 2 aliphatic rings. The van der Waals surface area contributed by atoms with Gasteiger partial charge in [0.05, 0.1) is 0 Å². The molecule has 17 heavy (non-hydrogen) atoms. The summed E-state index contributed by atoms with van der Waals surface area (Å²) in [6.45, 7) is 0.567. The van der Waals surface area contributed by atoms with Gasteiger partial charge in [0.2, 0.25) is 5.91 Å². The van der Waals surface area contributed by atoms with Gasteiger partial charge in [0.1, 0.15) is 5.82 Å². The van der Waals surface area contributed by atoms with Gasteiger partial charge < -0.3 is 4.90 Å². The van der Waals surface area contributed by atoms with E-state index in [1.165, 1.54) is 12.1 Å². The lowest BCUT2D eigenvalue weighted by Gasteiger charge is -2.22. The fourth-order valence-electron chi connectivity index (χ4n) is 2.17. The molecule has 0 N–H and O–H groups in total. The number of halogens is 1. The van der Waals surface area contributed by atoms with E-state index in [-0.39, 0.29) is 17.6 Å². The number of nitrogens with zero attached hydrogens (tertiary/aromatic N) is 1. The predicted octanol–water partition coefficient (Wildman–Crippen LogP) is 2.73. The Labute approximate surface area is 100 Å². The monoisotopic (exact) mass is 233 g/mol. The molecule has 0 bridgehead atoms. The molecule has 0 aliphatic heterocycles. The van der Waals surface area contributed by atoms with E-state index in [4.69, 9.17) is 0 Å². The fourth-order valence-corrected chi connectivity index (χ4v) is 2.17. The van der Waals surface area contributed by atoms with E-state index in [0.717, 1.165) is 31.2 Å². The van der Waals surface area contributed by atoms with Gasteiger partial charge >= 0.3 is 0 Å². The van der Waals surface area contributed by atoms with Crippen molar-refractivity contribution in [3.8, 4) is 0 Å². The summed E-state index contributed by atoms with van der Waals surface area (Å²) in [5.74, 6) is 0.304. The number of benzene rings is 1. The van der Waals surface area contributed by atoms with Gasteiger partial charge in [-0.15, -0.1) is 0 Å². The highest BCUT2D eigenvalue weighted by Crippen LogP contribution is 2.36. The molecular formula is C14H16FNO. The van der Waals surface area contributed by atoms with Crippen molar-refractivity contribution in [2.75, 3.05) is 0 Å². The first-order valence-electron chi connectivity index (χ1n) is 6.29. The number of carbonyl (C=O) groups excluding carboxylic acids is 1. The smallest absolute Gasteiger partial charge is 0.226 e. The average Bonchev–Trinajstić information content (AvgIpc) is 3.18. The molecule has 3 heteroatoms. The van der Waals surface area contributed by atoms with Crippen LogP contribution >= 0.6 is 0 Å². The first-order chi connectivity index (χ1) is 8.24. The second-order valence-electron chi connectivity index (χ2n) is 5.10. The molecule has 2 saturated carbocycles. The number of hydrogen-bond acceptors (Lipinski definition) is 1. The normalized spacial score (nSPS) is 19.1. The lowest BCUT2D eigenvalue weighted by Crippen LogP contribution is -2.33. The lowest BCUT2D eigenvalue weighted by atomic mass is 10.2. The summed E-state index contributed by atoms with van der Waals surface area (Å²) in [4.78, 5) is 14.1. The summed E-state index contributed by atoms with van der Waals surface area (Å²) in [5, 5.41) is 0. The van der Waals surface area contributed by atoms with Crippen molar-refractivity contribution in [1.29, 1.82) is 0 Å². The van der Waals surface area contributed by atoms with Crippen LogP contribution in [0.1, 0.15) is 31.2 Å². The Hall–Kier alpha value is -1.38. The zero-order valence-corrected chi connectivity index (χ0v) is 9.73. The molecule has 0 atom stereocenters. The van der Waals surface area contributed by atoms with Crippen LogP contribution in [-0.4, -0.2) is 16.8 Å². The Kier molecular flexibility index (Phi) is 2.61. The van der Waals surface area contributed by atoms with Crippen LogP contribution in [0.3, 0.4) is 0 Å². The van der Waals surface area contributed by atoms with E-state index in [1.54, 1.807) is 6.07 Å². The predicted molar refractivity (Wildman–Crippen MR) is 62.7 cm³/mol. The number of carbonyl (C=O) groups is 1. The first-order valence-corrected chi connectivity index (χ1v) is 6.29. The Morgan fingerprint density at radius 2 is 2.06 bits per heavy atom. The molecule has 2 nitrogen and oxygen atoms in total. The van der Waals surface area contributed by atoms with Gasteiger partial charge in [-0.3, -0.25) is 4.79 Å². The van der Waals surface area contributed by atoms with Crippen LogP contribution in [0.15, 0.2) is 24.3 Å². The molecule has 0 saturated heterocycles. The molecule has 2 fully saturated rings. The van der Waals surface area contributed by atoms with Gasteiger partial charge in [-0.2, -0.15) is 0 Å². The molecule has 90 valence electrons. The molecule has 0 radical (unpaired) electrons. The lowest BCUT2D eigenvalue weighted by molar-refractivity contribution is -0.133. The summed E-state index contributed by atoms with van der Waals surface area (Å²) < 4.78 is 13.1. The van der Waals surface area contributed by atoms with Gasteiger partial charge in [-0.25, -0.2) is 4.39 Å². The van der Waals surface area contributed by atoms with Gasteiger partial charge in [-0.1, -0.05) is 12.1 Å². The Morgan fingerprint density at radius 1 is 1.29 bits per heavy atom. The first kappa shape index (κ1) is 10.8. The van der Waals surface area contributed by atoms with Crippen LogP contribution in [0.4, 0.5) is 4.39 Å². The molecule has 1 amide bonds. The molecule has 0 heterocycles. The second kappa shape index (κ2) is 4.13. The van der Waals surface area contributed by atoms with Crippen LogP contribution in [0.2, 0.25) is 0 Å². The van der Waals surface area contributed by atoms with Crippen LogP contribution in [0.5, 0.6) is 0 Å². The highest BCUT2D eigenvalue weighted by molar-refractivity contribution is 5.81. The quantitative estimate of drug-likeness (QED) is 0.783. The highest BCUT2D eigenvalue weighted by Gasteiger charge is 2.39. The number of hydrogen-bond donors (Lipinski definition) is 0. The molecular weight excluding hydrogens is 217 g/mol. The van der Waals surface area contributed by atoms with E-state index < -0.39 is 0 Å². The molecule has 1 aromatic carbocycles. The SMILES string of the molecule is O=C(C1CC1)N(Cc1cccc(F)c1)C1CC1. The summed E-state index contributed by atoms with van der Waals surface area (Å²) in [6.07, 6.45) is 4.28. The maximum Gasteiger partial charge on any atom is 0.226 e. The van der Waals surface area contributed by atoms with E-state index in [2.05, 4.69) is 0 Å². The maximum atomic E-state index is 13.1. The van der Waals surface area contributed by atoms with Gasteiger partial charge in [-0.05, 0) is 43.4 Å². The third-order valence-corrected chi connectivity index (χ3v) is 3.44. The van der Waals surface area contributed by atoms with Crippen molar-refractivity contribution in [3.05, 3.63) is 35.6 Å². The second-order valence-corrected chi connectivity index (χ2v) is 5.10. The minimum Gasteiger partial charge on any atom is -0.335 e. The van der Waals surface area contributed by atoms with Gasteiger partial charge in [0.15, 0.2) is 0 Å². The summed E-state index contributed by atoms with van der Waals surface area (Å²) >= 11 is 0. The fraction of sp³-hybridized carbons (Fsp3) is 0.500. The summed E-state index contributed by atoms with van der Waals surface area (Å²) in [7, 11) is 0. The third-order valence-electron chi connectivity index (χ3n) is 3.44. The van der Waals surface area contributed by atoms with Crippen molar-refractivity contribution in [2.45, 2.75) is 38.3 Å². The summed E-state index contributed by atoms with van der Waals surface area (Å²) in [5.41, 5.74) is 0.894. The molecule has 0 aromatic heterocycles. The van der Waals surface area contributed by atoms with E-state index in [9.17, 15) is 9.18 Å². The highest BCUT2D eigenvalue weighted by atomic mass is 19.1. The minimum atomic E-state index is -0.225. The maximum absolute atomic E-state index is 13.1. The van der Waals surface area contributed by atoms with Crippen LogP contribution in [-0.2, 0) is 11.3 Å². The summed E-state index contributed by atoms with van der Waals surface area (Å²) in [6, 6.07) is 6.96. The standard InChI is InChI=1S/C14H16FNO/c15-12-3-1-2-10(8-12)9-16(13-6-7-13)14(17)11-4-5-11/h1-3,8,11,13H,4-7,9H2. The van der Waals surface area contributed by atoms with Crippen LogP contribution < -0.4 is 0 Å². The van der Waals surface area contributed by atoms with Crippen molar-refractivity contribution in [3.63, 3.8) is 0 Å². The van der Waals surface area contributed by atoms with Crippen LogP contribution in [0.25, 0.3) is 0 Å². The molecule has 1 aromatic rings. The van der Waals surface area contributed by atoms with E-state index in [0.29, 0.717) is 12.6 Å².